The standard InChI is InChI=1S/C22H20ClN5O2S/c1-2-11-27-14-24-22-25-15(12-20(29)28(22)27)13-31-19-10-6-5-9-18(19)26-21(30)16-7-3-4-8-17(16)23/h3-10,12,14H,2,11,13H2,1H3,(H,26,30). The van der Waals surface area contributed by atoms with Gasteiger partial charge in [0.1, 0.15) is 6.33 Å². The highest BCUT2D eigenvalue weighted by Gasteiger charge is 2.13. The summed E-state index contributed by atoms with van der Waals surface area (Å²) >= 11 is 7.62. The van der Waals surface area contributed by atoms with E-state index < -0.39 is 0 Å². The van der Waals surface area contributed by atoms with E-state index >= 15 is 0 Å². The maximum atomic E-state index is 12.6. The number of fused-ring (bicyclic) bond motifs is 1. The first-order chi connectivity index (χ1) is 15.1. The van der Waals surface area contributed by atoms with Crippen LogP contribution in [0.4, 0.5) is 5.69 Å². The van der Waals surface area contributed by atoms with Crippen LogP contribution in [0.3, 0.4) is 0 Å². The van der Waals surface area contributed by atoms with Crippen molar-refractivity contribution in [3.63, 3.8) is 0 Å². The fourth-order valence-electron chi connectivity index (χ4n) is 3.15. The van der Waals surface area contributed by atoms with Crippen molar-refractivity contribution in [2.24, 2.45) is 0 Å². The highest BCUT2D eigenvalue weighted by molar-refractivity contribution is 7.98. The van der Waals surface area contributed by atoms with Crippen LogP contribution in [-0.4, -0.2) is 25.1 Å². The minimum atomic E-state index is -0.280. The number of carbonyl (C=O) groups excluding carboxylic acids is 1. The molecule has 0 bridgehead atoms. The predicted molar refractivity (Wildman–Crippen MR) is 123 cm³/mol. The number of halogens is 1. The van der Waals surface area contributed by atoms with E-state index in [9.17, 15) is 9.59 Å². The van der Waals surface area contributed by atoms with E-state index in [1.54, 1.807) is 35.3 Å². The predicted octanol–water partition coefficient (Wildman–Crippen LogP) is 4.50. The molecule has 7 nitrogen and oxygen atoms in total. The molecule has 2 aromatic heterocycles. The molecule has 0 aliphatic rings. The van der Waals surface area contributed by atoms with Crippen molar-refractivity contribution in [3.05, 3.63) is 87.6 Å². The molecule has 31 heavy (non-hydrogen) atoms. The zero-order valence-corrected chi connectivity index (χ0v) is 18.4. The SMILES string of the molecule is CCCn1cnc2nc(CSc3ccccc3NC(=O)c3ccccc3Cl)cc(=O)n21. The minimum absolute atomic E-state index is 0.160. The molecule has 0 radical (unpaired) electrons. The maximum Gasteiger partial charge on any atom is 0.274 e. The van der Waals surface area contributed by atoms with Crippen molar-refractivity contribution in [2.45, 2.75) is 30.5 Å². The maximum absolute atomic E-state index is 12.6. The van der Waals surface area contributed by atoms with E-state index in [0.29, 0.717) is 40.0 Å². The Morgan fingerprint density at radius 3 is 2.74 bits per heavy atom. The number of anilines is 1. The Kier molecular flexibility index (Phi) is 6.39. The topological polar surface area (TPSA) is 81.3 Å². The average molecular weight is 454 g/mol. The number of nitrogens with zero attached hydrogens (tertiary/aromatic N) is 4. The number of aryl methyl sites for hydroxylation is 1. The van der Waals surface area contributed by atoms with Gasteiger partial charge >= 0.3 is 0 Å². The molecule has 0 saturated heterocycles. The fraction of sp³-hybridized carbons (Fsp3) is 0.182. The van der Waals surface area contributed by atoms with E-state index in [-0.39, 0.29) is 11.5 Å². The summed E-state index contributed by atoms with van der Waals surface area (Å²) < 4.78 is 3.25. The molecule has 0 aliphatic heterocycles. The lowest BCUT2D eigenvalue weighted by Crippen LogP contribution is -2.21. The van der Waals surface area contributed by atoms with Gasteiger partial charge in [0.25, 0.3) is 17.2 Å². The molecule has 1 amide bonds. The van der Waals surface area contributed by atoms with Gasteiger partial charge in [-0.25, -0.2) is 4.98 Å². The first-order valence-electron chi connectivity index (χ1n) is 9.78. The number of carbonyl (C=O) groups is 1. The molecule has 9 heteroatoms. The van der Waals surface area contributed by atoms with Crippen molar-refractivity contribution in [3.8, 4) is 0 Å². The summed E-state index contributed by atoms with van der Waals surface area (Å²) in [5, 5.41) is 3.31. The smallest absolute Gasteiger partial charge is 0.274 e. The van der Waals surface area contributed by atoms with Crippen molar-refractivity contribution in [2.75, 3.05) is 5.32 Å². The second-order valence-corrected chi connectivity index (χ2v) is 8.25. The largest absolute Gasteiger partial charge is 0.321 e. The highest BCUT2D eigenvalue weighted by atomic mass is 35.5. The van der Waals surface area contributed by atoms with Crippen molar-refractivity contribution in [1.82, 2.24) is 19.2 Å². The Labute approximate surface area is 188 Å². The summed E-state index contributed by atoms with van der Waals surface area (Å²) in [4.78, 5) is 34.8. The Balaban J connectivity index is 1.53. The first-order valence-corrected chi connectivity index (χ1v) is 11.1. The van der Waals surface area contributed by atoms with E-state index in [4.69, 9.17) is 11.6 Å². The lowest BCUT2D eigenvalue weighted by molar-refractivity contribution is 0.102. The summed E-state index contributed by atoms with van der Waals surface area (Å²) in [5.74, 6) is 0.570. The van der Waals surface area contributed by atoms with Gasteiger partial charge in [0.15, 0.2) is 0 Å². The van der Waals surface area contributed by atoms with Gasteiger partial charge in [0.2, 0.25) is 0 Å². The Morgan fingerprint density at radius 1 is 1.16 bits per heavy atom. The average Bonchev–Trinajstić information content (AvgIpc) is 3.17. The summed E-state index contributed by atoms with van der Waals surface area (Å²) in [6.45, 7) is 2.74. The molecule has 0 spiro atoms. The van der Waals surface area contributed by atoms with E-state index in [2.05, 4.69) is 15.3 Å². The number of nitrogens with one attached hydrogen (secondary N) is 1. The molecule has 2 aromatic carbocycles. The molecule has 0 saturated carbocycles. The number of amides is 1. The van der Waals surface area contributed by atoms with Gasteiger partial charge in [-0.1, -0.05) is 42.8 Å². The minimum Gasteiger partial charge on any atom is -0.321 e. The van der Waals surface area contributed by atoms with Crippen LogP contribution in [0.2, 0.25) is 5.02 Å². The van der Waals surface area contributed by atoms with Gasteiger partial charge in [0, 0.05) is 23.3 Å². The second-order valence-electron chi connectivity index (χ2n) is 6.82. The van der Waals surface area contributed by atoms with Crippen LogP contribution < -0.4 is 10.9 Å². The van der Waals surface area contributed by atoms with Crippen LogP contribution in [0, 0.1) is 0 Å². The Hall–Kier alpha value is -3.10. The molecule has 0 atom stereocenters. The molecule has 0 fully saturated rings. The van der Waals surface area contributed by atoms with Crippen LogP contribution in [0.15, 0.2) is 70.6 Å². The molecule has 0 aliphatic carbocycles. The van der Waals surface area contributed by atoms with Gasteiger partial charge in [-0.15, -0.1) is 11.8 Å². The van der Waals surface area contributed by atoms with Crippen LogP contribution in [0.5, 0.6) is 0 Å². The van der Waals surface area contributed by atoms with Crippen LogP contribution in [0.1, 0.15) is 29.4 Å². The Bertz CT molecular complexity index is 1300. The molecular formula is C22H20ClN5O2S. The molecule has 158 valence electrons. The summed E-state index contributed by atoms with van der Waals surface area (Å²) in [6, 6.07) is 15.9. The lowest BCUT2D eigenvalue weighted by atomic mass is 10.2. The van der Waals surface area contributed by atoms with Crippen LogP contribution in [-0.2, 0) is 12.3 Å². The summed E-state index contributed by atoms with van der Waals surface area (Å²) in [7, 11) is 0. The van der Waals surface area contributed by atoms with Crippen LogP contribution in [0.25, 0.3) is 5.78 Å². The number of hydrogen-bond acceptors (Lipinski definition) is 5. The number of benzene rings is 2. The zero-order chi connectivity index (χ0) is 21.8. The summed E-state index contributed by atoms with van der Waals surface area (Å²) in [5.41, 5.74) is 1.55. The first kappa shape index (κ1) is 21.1. The molecule has 2 heterocycles. The highest BCUT2D eigenvalue weighted by Crippen LogP contribution is 2.30. The molecule has 1 N–H and O–H groups in total. The molecule has 4 rings (SSSR count). The van der Waals surface area contributed by atoms with Crippen molar-refractivity contribution in [1.29, 1.82) is 0 Å². The number of hydrogen-bond donors (Lipinski definition) is 1. The third-order valence-electron chi connectivity index (χ3n) is 4.58. The third kappa shape index (κ3) is 4.65. The number of para-hydroxylation sites is 1. The van der Waals surface area contributed by atoms with Crippen molar-refractivity contribution >= 4 is 40.7 Å². The van der Waals surface area contributed by atoms with Gasteiger partial charge < -0.3 is 5.32 Å². The monoisotopic (exact) mass is 453 g/mol. The molecule has 0 unspecified atom stereocenters. The van der Waals surface area contributed by atoms with Gasteiger partial charge in [-0.2, -0.15) is 9.50 Å². The van der Waals surface area contributed by atoms with E-state index in [0.717, 1.165) is 11.3 Å². The Morgan fingerprint density at radius 2 is 1.94 bits per heavy atom. The van der Waals surface area contributed by atoms with E-state index in [1.807, 2.05) is 31.2 Å². The van der Waals surface area contributed by atoms with Crippen molar-refractivity contribution < 1.29 is 4.79 Å². The van der Waals surface area contributed by atoms with Gasteiger partial charge in [-0.05, 0) is 30.7 Å². The lowest BCUT2D eigenvalue weighted by Gasteiger charge is -2.11. The summed E-state index contributed by atoms with van der Waals surface area (Å²) in [6.07, 6.45) is 2.52. The fourth-order valence-corrected chi connectivity index (χ4v) is 4.27. The molecular weight excluding hydrogens is 434 g/mol. The third-order valence-corrected chi connectivity index (χ3v) is 6.01. The quantitative estimate of drug-likeness (QED) is 0.417. The number of thioether (sulfide) groups is 1. The van der Waals surface area contributed by atoms with Crippen LogP contribution >= 0.6 is 23.4 Å². The number of rotatable bonds is 7. The normalized spacial score (nSPS) is 11.0. The second kappa shape index (κ2) is 9.36. The number of aromatic nitrogens is 4. The van der Waals surface area contributed by atoms with Gasteiger partial charge in [-0.3, -0.25) is 14.3 Å². The zero-order valence-electron chi connectivity index (χ0n) is 16.8. The molecule has 4 aromatic rings. The van der Waals surface area contributed by atoms with Gasteiger partial charge in [0.05, 0.1) is 22.0 Å². The van der Waals surface area contributed by atoms with E-state index in [1.165, 1.54) is 22.3 Å².